The zero-order valence-corrected chi connectivity index (χ0v) is 22.9. The number of nitrogens with zero attached hydrogens (tertiary/aromatic N) is 3. The van der Waals surface area contributed by atoms with Gasteiger partial charge in [-0.25, -0.2) is 4.79 Å². The van der Waals surface area contributed by atoms with Crippen LogP contribution in [-0.2, 0) is 28.7 Å². The van der Waals surface area contributed by atoms with E-state index in [4.69, 9.17) is 10.00 Å². The summed E-state index contributed by atoms with van der Waals surface area (Å²) in [6, 6.07) is 20.3. The monoisotopic (exact) mass is 577 g/mol. The maximum absolute atomic E-state index is 13.7. The number of urea groups is 1. The Bertz CT molecular complexity index is 1540. The van der Waals surface area contributed by atoms with Gasteiger partial charge >= 0.3 is 12.2 Å². The largest absolute Gasteiger partial charge is 0.416 e. The van der Waals surface area contributed by atoms with E-state index in [0.29, 0.717) is 23.2 Å². The van der Waals surface area contributed by atoms with Crippen LogP contribution in [0.15, 0.2) is 79.0 Å². The average molecular weight is 578 g/mol. The molecule has 42 heavy (non-hydrogen) atoms. The number of benzene rings is 3. The van der Waals surface area contributed by atoms with Gasteiger partial charge in [0, 0.05) is 49.5 Å². The van der Waals surface area contributed by atoms with E-state index < -0.39 is 17.8 Å². The molecule has 2 N–H and O–H groups in total. The Hall–Kier alpha value is -4.82. The predicted octanol–water partition coefficient (Wildman–Crippen LogP) is 5.81. The smallest absolute Gasteiger partial charge is 0.383 e. The standard InChI is InChI=1S/C31H30F3N5O3/c1-42-17-16-39(30(41)37-26-12-8-22(18-35)9-13-26)21-29(40)38(20-23-6-10-25(11-7-23)31(32,33)34)15-14-24-19-36-28-5-3-2-4-27(24)28/h2-13,19,36H,14-17,20-21H2,1H3,(H,37,41). The molecule has 8 nitrogen and oxygen atoms in total. The normalized spacial score (nSPS) is 11.2. The van der Waals surface area contributed by atoms with Crippen LogP contribution in [0.2, 0.25) is 0 Å². The van der Waals surface area contributed by atoms with Crippen molar-refractivity contribution in [3.05, 3.63) is 101 Å². The van der Waals surface area contributed by atoms with E-state index in [2.05, 4.69) is 10.3 Å². The maximum atomic E-state index is 13.7. The van der Waals surface area contributed by atoms with Gasteiger partial charge in [0.25, 0.3) is 0 Å². The molecule has 0 aliphatic carbocycles. The number of H-pyrrole nitrogens is 1. The molecule has 0 aliphatic heterocycles. The Balaban J connectivity index is 1.52. The number of hydrogen-bond donors (Lipinski definition) is 2. The number of rotatable bonds is 11. The molecule has 1 aromatic heterocycles. The molecule has 3 aromatic carbocycles. The van der Waals surface area contributed by atoms with Crippen LogP contribution in [0.4, 0.5) is 23.7 Å². The van der Waals surface area contributed by atoms with E-state index in [1.165, 1.54) is 24.1 Å². The number of alkyl halides is 3. The number of amides is 3. The number of aromatic amines is 1. The van der Waals surface area contributed by atoms with Gasteiger partial charge in [-0.2, -0.15) is 18.4 Å². The highest BCUT2D eigenvalue weighted by Crippen LogP contribution is 2.29. The fourth-order valence-electron chi connectivity index (χ4n) is 4.45. The van der Waals surface area contributed by atoms with Crippen LogP contribution in [0.5, 0.6) is 0 Å². The first-order valence-electron chi connectivity index (χ1n) is 13.2. The van der Waals surface area contributed by atoms with Crippen LogP contribution in [0.1, 0.15) is 22.3 Å². The zero-order valence-electron chi connectivity index (χ0n) is 22.9. The predicted molar refractivity (Wildman–Crippen MR) is 152 cm³/mol. The third-order valence-corrected chi connectivity index (χ3v) is 6.78. The summed E-state index contributed by atoms with van der Waals surface area (Å²) in [7, 11) is 1.48. The Morgan fingerprint density at radius 2 is 1.69 bits per heavy atom. The summed E-state index contributed by atoms with van der Waals surface area (Å²) in [4.78, 5) is 32.8. The number of ether oxygens (including phenoxy) is 1. The number of methoxy groups -OCH3 is 1. The maximum Gasteiger partial charge on any atom is 0.416 e. The van der Waals surface area contributed by atoms with Gasteiger partial charge < -0.3 is 24.8 Å². The molecule has 218 valence electrons. The first-order valence-corrected chi connectivity index (χ1v) is 13.2. The molecule has 0 saturated heterocycles. The third-order valence-electron chi connectivity index (χ3n) is 6.78. The lowest BCUT2D eigenvalue weighted by molar-refractivity contribution is -0.137. The molecule has 0 fully saturated rings. The number of halogens is 3. The summed E-state index contributed by atoms with van der Waals surface area (Å²) in [5, 5.41) is 12.8. The van der Waals surface area contributed by atoms with E-state index in [1.807, 2.05) is 36.5 Å². The van der Waals surface area contributed by atoms with Gasteiger partial charge in [-0.15, -0.1) is 0 Å². The fourth-order valence-corrected chi connectivity index (χ4v) is 4.45. The number of para-hydroxylation sites is 1. The Kier molecular flexibility index (Phi) is 9.83. The summed E-state index contributed by atoms with van der Waals surface area (Å²) in [6.07, 6.45) is -2.10. The molecule has 0 spiro atoms. The number of aromatic nitrogens is 1. The summed E-state index contributed by atoms with van der Waals surface area (Å²) < 4.78 is 44.4. The van der Waals surface area contributed by atoms with E-state index in [1.54, 1.807) is 29.2 Å². The summed E-state index contributed by atoms with van der Waals surface area (Å²) >= 11 is 0. The minimum absolute atomic E-state index is 0.0642. The lowest BCUT2D eigenvalue weighted by atomic mass is 10.1. The zero-order chi connectivity index (χ0) is 30.1. The highest BCUT2D eigenvalue weighted by molar-refractivity contribution is 5.92. The number of fused-ring (bicyclic) bond motifs is 1. The molecular weight excluding hydrogens is 547 g/mol. The van der Waals surface area contributed by atoms with Crippen molar-refractivity contribution in [2.45, 2.75) is 19.1 Å². The number of hydrogen-bond acceptors (Lipinski definition) is 4. The minimum atomic E-state index is -4.46. The molecule has 1 heterocycles. The lowest BCUT2D eigenvalue weighted by Gasteiger charge is -2.28. The Morgan fingerprint density at radius 1 is 0.976 bits per heavy atom. The molecule has 0 radical (unpaired) electrons. The highest BCUT2D eigenvalue weighted by Gasteiger charge is 2.30. The van der Waals surface area contributed by atoms with Gasteiger partial charge in [0.05, 0.1) is 23.8 Å². The van der Waals surface area contributed by atoms with Crippen LogP contribution >= 0.6 is 0 Å². The van der Waals surface area contributed by atoms with Crippen LogP contribution in [0.25, 0.3) is 10.9 Å². The average Bonchev–Trinajstić information content (AvgIpc) is 3.40. The van der Waals surface area contributed by atoms with Crippen molar-refractivity contribution in [2.75, 3.05) is 38.7 Å². The minimum Gasteiger partial charge on any atom is -0.383 e. The van der Waals surface area contributed by atoms with Crippen molar-refractivity contribution in [1.29, 1.82) is 5.26 Å². The number of anilines is 1. The summed E-state index contributed by atoms with van der Waals surface area (Å²) in [6.45, 7) is 0.370. The fraction of sp³-hybridized carbons (Fsp3) is 0.258. The molecule has 0 saturated carbocycles. The summed E-state index contributed by atoms with van der Waals surface area (Å²) in [5.41, 5.74) is 2.60. The highest BCUT2D eigenvalue weighted by atomic mass is 19.4. The van der Waals surface area contributed by atoms with Gasteiger partial charge in [0.1, 0.15) is 6.54 Å². The number of carbonyl (C=O) groups excluding carboxylic acids is 2. The van der Waals surface area contributed by atoms with Crippen LogP contribution in [-0.4, -0.2) is 60.1 Å². The molecule has 0 aliphatic rings. The number of nitrogens with one attached hydrogen (secondary N) is 2. The molecule has 4 aromatic rings. The molecule has 0 bridgehead atoms. The first-order chi connectivity index (χ1) is 20.2. The molecular formula is C31H30F3N5O3. The Labute approximate surface area is 241 Å². The molecule has 3 amide bonds. The van der Waals surface area contributed by atoms with Gasteiger partial charge in [-0.1, -0.05) is 30.3 Å². The van der Waals surface area contributed by atoms with Crippen molar-refractivity contribution in [2.24, 2.45) is 0 Å². The second-order valence-electron chi connectivity index (χ2n) is 9.65. The van der Waals surface area contributed by atoms with Crippen molar-refractivity contribution < 1.29 is 27.5 Å². The van der Waals surface area contributed by atoms with Crippen molar-refractivity contribution in [3.63, 3.8) is 0 Å². The Morgan fingerprint density at radius 3 is 2.36 bits per heavy atom. The summed E-state index contributed by atoms with van der Waals surface area (Å²) in [5.74, 6) is -0.374. The lowest BCUT2D eigenvalue weighted by Crippen LogP contribution is -2.46. The third kappa shape index (κ3) is 7.89. The van der Waals surface area contributed by atoms with Crippen LogP contribution in [0.3, 0.4) is 0 Å². The first kappa shape index (κ1) is 30.1. The molecule has 0 atom stereocenters. The van der Waals surface area contributed by atoms with Gasteiger partial charge in [-0.3, -0.25) is 4.79 Å². The molecule has 0 unspecified atom stereocenters. The number of carbonyl (C=O) groups is 2. The van der Waals surface area contributed by atoms with Gasteiger partial charge in [-0.05, 0) is 60.0 Å². The van der Waals surface area contributed by atoms with Crippen molar-refractivity contribution >= 4 is 28.5 Å². The van der Waals surface area contributed by atoms with Gasteiger partial charge in [0.15, 0.2) is 0 Å². The van der Waals surface area contributed by atoms with Crippen molar-refractivity contribution in [3.8, 4) is 6.07 Å². The second kappa shape index (κ2) is 13.7. The van der Waals surface area contributed by atoms with Crippen LogP contribution in [0, 0.1) is 11.3 Å². The molecule has 4 rings (SSSR count). The quantitative estimate of drug-likeness (QED) is 0.235. The molecule has 11 heteroatoms. The second-order valence-corrected chi connectivity index (χ2v) is 9.65. The topological polar surface area (TPSA) is 101 Å². The van der Waals surface area contributed by atoms with Crippen molar-refractivity contribution in [1.82, 2.24) is 14.8 Å². The van der Waals surface area contributed by atoms with E-state index in [0.717, 1.165) is 28.6 Å². The van der Waals surface area contributed by atoms with E-state index in [-0.39, 0.29) is 38.7 Å². The van der Waals surface area contributed by atoms with E-state index in [9.17, 15) is 22.8 Å². The number of nitriles is 1. The van der Waals surface area contributed by atoms with Crippen LogP contribution < -0.4 is 5.32 Å². The van der Waals surface area contributed by atoms with Gasteiger partial charge in [0.2, 0.25) is 5.91 Å². The van der Waals surface area contributed by atoms with E-state index >= 15 is 0 Å². The SMILES string of the molecule is COCCN(CC(=O)N(CCc1c[nH]c2ccccc12)Cc1ccc(C(F)(F)F)cc1)C(=O)Nc1ccc(C#N)cc1.